The maximum Gasteiger partial charge on any atom is 0.227 e. The molecule has 0 radical (unpaired) electrons. The van der Waals surface area contributed by atoms with Crippen molar-refractivity contribution in [3.05, 3.63) is 70.3 Å². The van der Waals surface area contributed by atoms with Crippen LogP contribution in [0.1, 0.15) is 28.4 Å². The number of nitriles is 1. The van der Waals surface area contributed by atoms with Crippen LogP contribution in [-0.4, -0.2) is 74.7 Å². The van der Waals surface area contributed by atoms with E-state index in [9.17, 15) is 23.2 Å². The van der Waals surface area contributed by atoms with Crippen molar-refractivity contribution < 1.29 is 22.7 Å². The topological polar surface area (TPSA) is 100 Å². The average Bonchev–Trinajstić information content (AvgIpc) is 3.41. The van der Waals surface area contributed by atoms with E-state index in [1.165, 1.54) is 12.4 Å². The molecule has 0 spiro atoms. The Hall–Kier alpha value is -3.82. The van der Waals surface area contributed by atoms with Crippen molar-refractivity contribution in [2.24, 2.45) is 0 Å². The Labute approximate surface area is 204 Å². The molecule has 0 saturated carbocycles. The van der Waals surface area contributed by atoms with Crippen molar-refractivity contribution in [1.29, 1.82) is 5.26 Å². The summed E-state index contributed by atoms with van der Waals surface area (Å²) in [6, 6.07) is 6.92. The number of benzene rings is 2. The summed E-state index contributed by atoms with van der Waals surface area (Å²) >= 11 is 0. The summed E-state index contributed by atoms with van der Waals surface area (Å²) in [4.78, 5) is 16.7. The number of carbonyl (C=O) groups is 1. The van der Waals surface area contributed by atoms with E-state index < -0.39 is 23.9 Å². The highest BCUT2D eigenvalue weighted by Gasteiger charge is 2.36. The Kier molecular flexibility index (Phi) is 6.42. The van der Waals surface area contributed by atoms with Gasteiger partial charge in [0.05, 0.1) is 36.4 Å². The quantitative estimate of drug-likeness (QED) is 0.544. The Morgan fingerprint density at radius 2 is 1.94 bits per heavy atom. The van der Waals surface area contributed by atoms with Gasteiger partial charge in [-0.3, -0.25) is 9.69 Å². The van der Waals surface area contributed by atoms with E-state index in [1.54, 1.807) is 17.9 Å². The number of nitrogens with zero attached hydrogens (tertiary/aromatic N) is 7. The lowest BCUT2D eigenvalue weighted by Gasteiger charge is -2.46. The summed E-state index contributed by atoms with van der Waals surface area (Å²) in [6.45, 7) is 3.90. The number of rotatable bonds is 4. The van der Waals surface area contributed by atoms with E-state index in [0.717, 1.165) is 22.4 Å². The Morgan fingerprint density at radius 1 is 1.17 bits per heavy atom. The third-order valence-electron chi connectivity index (χ3n) is 6.83. The van der Waals surface area contributed by atoms with E-state index in [2.05, 4.69) is 20.4 Å². The fourth-order valence-corrected chi connectivity index (χ4v) is 4.81. The molecule has 0 N–H and O–H groups in total. The number of amides is 1. The second-order valence-electron chi connectivity index (χ2n) is 8.88. The van der Waals surface area contributed by atoms with Crippen molar-refractivity contribution in [3.8, 4) is 11.8 Å². The first kappa shape index (κ1) is 23.9. The van der Waals surface area contributed by atoms with Crippen LogP contribution < -0.4 is 0 Å². The number of ether oxygens (including phenoxy) is 1. The first-order valence-corrected chi connectivity index (χ1v) is 11.4. The molecule has 36 heavy (non-hydrogen) atoms. The number of halogens is 3. The molecule has 3 aromatic rings. The molecule has 2 aliphatic heterocycles. The van der Waals surface area contributed by atoms with Gasteiger partial charge in [0.1, 0.15) is 29.8 Å². The summed E-state index contributed by atoms with van der Waals surface area (Å²) in [5.41, 5.74) is 1.15. The minimum atomic E-state index is -0.845. The van der Waals surface area contributed by atoms with Crippen LogP contribution in [-0.2, 0) is 16.0 Å². The van der Waals surface area contributed by atoms with Crippen LogP contribution in [0.15, 0.2) is 30.6 Å². The van der Waals surface area contributed by atoms with Crippen LogP contribution in [0.2, 0.25) is 0 Å². The van der Waals surface area contributed by atoms with Crippen LogP contribution in [0.3, 0.4) is 0 Å². The van der Waals surface area contributed by atoms with E-state index in [0.29, 0.717) is 38.3 Å². The first-order chi connectivity index (χ1) is 17.4. The molecule has 12 heteroatoms. The van der Waals surface area contributed by atoms with Crippen LogP contribution in [0.5, 0.6) is 0 Å². The highest BCUT2D eigenvalue weighted by molar-refractivity contribution is 5.79. The maximum atomic E-state index is 14.7. The number of aromatic nitrogens is 4. The molecule has 1 amide bonds. The second-order valence-corrected chi connectivity index (χ2v) is 8.88. The summed E-state index contributed by atoms with van der Waals surface area (Å²) in [5.74, 6) is -2.62. The molecule has 0 bridgehead atoms. The third kappa shape index (κ3) is 4.43. The molecule has 2 fully saturated rings. The molecule has 9 nitrogen and oxygen atoms in total. The number of morpholine rings is 1. The van der Waals surface area contributed by atoms with Crippen LogP contribution in [0, 0.1) is 35.7 Å². The molecule has 2 aliphatic rings. The molecule has 2 atom stereocenters. The number of tetrazole rings is 1. The van der Waals surface area contributed by atoms with Crippen LogP contribution >= 0.6 is 0 Å². The maximum absolute atomic E-state index is 14.7. The van der Waals surface area contributed by atoms with Gasteiger partial charge in [-0.25, -0.2) is 17.9 Å². The van der Waals surface area contributed by atoms with Crippen LogP contribution in [0.25, 0.3) is 5.69 Å². The van der Waals surface area contributed by atoms with Gasteiger partial charge in [0.15, 0.2) is 0 Å². The van der Waals surface area contributed by atoms with E-state index in [4.69, 9.17) is 4.74 Å². The van der Waals surface area contributed by atoms with E-state index in [1.807, 2.05) is 6.07 Å². The summed E-state index contributed by atoms with van der Waals surface area (Å²) < 4.78 is 50.4. The fraction of sp³-hybridized carbons (Fsp3) is 0.375. The van der Waals surface area contributed by atoms with Crippen LogP contribution in [0.4, 0.5) is 13.2 Å². The van der Waals surface area contributed by atoms with E-state index in [-0.39, 0.29) is 34.9 Å². The predicted molar refractivity (Wildman–Crippen MR) is 119 cm³/mol. The Bertz CT molecular complexity index is 1320. The number of fused-ring (bicyclic) bond motifs is 1. The molecule has 5 rings (SSSR count). The molecule has 186 valence electrons. The standard InChI is InChI=1S/C24H22F3N7O2/c1-14-17(2-3-20(25)19(14)9-28)23-11-32-4-5-33(10-16(32)12-36-23)24(35)8-18-21(26)6-15(7-22(18)27)34-13-29-30-31-34/h2-3,6-7,13,16,23H,4-5,8,10-12H2,1H3/t16-,23+/m1/s1. The highest BCUT2D eigenvalue weighted by Crippen LogP contribution is 2.31. The molecule has 2 saturated heterocycles. The van der Waals surface area contributed by atoms with Gasteiger partial charge in [0.2, 0.25) is 5.91 Å². The third-order valence-corrected chi connectivity index (χ3v) is 6.83. The highest BCUT2D eigenvalue weighted by atomic mass is 19.1. The number of hydrogen-bond acceptors (Lipinski definition) is 7. The lowest BCUT2D eigenvalue weighted by Crippen LogP contribution is -2.59. The number of carbonyl (C=O) groups excluding carboxylic acids is 1. The van der Waals surface area contributed by atoms with Gasteiger partial charge in [0.25, 0.3) is 0 Å². The minimum Gasteiger partial charge on any atom is -0.370 e. The summed E-state index contributed by atoms with van der Waals surface area (Å²) in [7, 11) is 0. The van der Waals surface area contributed by atoms with Gasteiger partial charge >= 0.3 is 0 Å². The normalized spacial score (nSPS) is 20.1. The minimum absolute atomic E-state index is 0.0130. The zero-order valence-electron chi connectivity index (χ0n) is 19.4. The van der Waals surface area contributed by atoms with Gasteiger partial charge in [-0.15, -0.1) is 5.10 Å². The van der Waals surface area contributed by atoms with Gasteiger partial charge in [-0.1, -0.05) is 6.07 Å². The Balaban J connectivity index is 1.24. The van der Waals surface area contributed by atoms with Crippen molar-refractivity contribution >= 4 is 5.91 Å². The molecule has 3 heterocycles. The van der Waals surface area contributed by atoms with Crippen molar-refractivity contribution in [1.82, 2.24) is 30.0 Å². The lowest BCUT2D eigenvalue weighted by atomic mass is 9.96. The number of hydrogen-bond donors (Lipinski definition) is 0. The van der Waals surface area contributed by atoms with Gasteiger partial charge in [0, 0.05) is 43.9 Å². The average molecular weight is 497 g/mol. The monoisotopic (exact) mass is 497 g/mol. The smallest absolute Gasteiger partial charge is 0.227 e. The molecule has 0 unspecified atom stereocenters. The van der Waals surface area contributed by atoms with Gasteiger partial charge < -0.3 is 9.64 Å². The summed E-state index contributed by atoms with van der Waals surface area (Å²) in [6.07, 6.45) is 0.489. The molecular formula is C24H22F3N7O2. The van der Waals surface area contributed by atoms with Gasteiger partial charge in [-0.2, -0.15) is 5.26 Å². The molecule has 0 aliphatic carbocycles. The zero-order chi connectivity index (χ0) is 25.4. The van der Waals surface area contributed by atoms with Crippen molar-refractivity contribution in [2.45, 2.75) is 25.5 Å². The lowest BCUT2D eigenvalue weighted by molar-refractivity contribution is -0.139. The van der Waals surface area contributed by atoms with E-state index >= 15 is 0 Å². The fourth-order valence-electron chi connectivity index (χ4n) is 4.81. The largest absolute Gasteiger partial charge is 0.370 e. The second kappa shape index (κ2) is 9.67. The predicted octanol–water partition coefficient (Wildman–Crippen LogP) is 2.09. The molecular weight excluding hydrogens is 475 g/mol. The first-order valence-electron chi connectivity index (χ1n) is 11.4. The SMILES string of the molecule is Cc1c([C@@H]2CN3CCN(C(=O)Cc4c(F)cc(-n5cnnn5)cc4F)C[C@@H]3CO2)ccc(F)c1C#N. The zero-order valence-corrected chi connectivity index (χ0v) is 19.4. The van der Waals surface area contributed by atoms with Crippen molar-refractivity contribution in [2.75, 3.05) is 32.8 Å². The van der Waals surface area contributed by atoms with Gasteiger partial charge in [-0.05, 0) is 34.5 Å². The Morgan fingerprint density at radius 3 is 2.64 bits per heavy atom. The number of piperazine rings is 1. The molecule has 2 aromatic carbocycles. The summed E-state index contributed by atoms with van der Waals surface area (Å²) in [5, 5.41) is 19.8. The van der Waals surface area contributed by atoms with Crippen molar-refractivity contribution in [3.63, 3.8) is 0 Å². The molecule has 1 aromatic heterocycles.